The van der Waals surface area contributed by atoms with Gasteiger partial charge in [0.05, 0.1) is 11.6 Å². The number of rotatable bonds is 2. The third-order valence-electron chi connectivity index (χ3n) is 3.35. The smallest absolute Gasteiger partial charge is 0.253 e. The van der Waals surface area contributed by atoms with Gasteiger partial charge in [-0.1, -0.05) is 0 Å². The summed E-state index contributed by atoms with van der Waals surface area (Å²) in [4.78, 5) is 16.9. The predicted octanol–water partition coefficient (Wildman–Crippen LogP) is 3.09. The van der Waals surface area contributed by atoms with Crippen molar-refractivity contribution in [3.8, 4) is 0 Å². The van der Waals surface area contributed by atoms with Gasteiger partial charge >= 0.3 is 0 Å². The van der Waals surface area contributed by atoms with E-state index in [0.717, 1.165) is 19.3 Å². The maximum absolute atomic E-state index is 12.7. The largest absolute Gasteiger partial charge is 0.345 e. The normalized spacial score (nSPS) is 17.8. The van der Waals surface area contributed by atoms with Crippen LogP contribution in [0.5, 0.6) is 0 Å². The lowest BCUT2D eigenvalue weighted by Crippen LogP contribution is -2.30. The van der Waals surface area contributed by atoms with Crippen LogP contribution in [-0.4, -0.2) is 10.9 Å². The highest BCUT2D eigenvalue weighted by molar-refractivity contribution is 7.10. The molecule has 0 aromatic carbocycles. The van der Waals surface area contributed by atoms with Crippen LogP contribution in [0.1, 0.15) is 39.7 Å². The molecule has 98 valence electrons. The summed E-state index contributed by atoms with van der Waals surface area (Å²) < 4.78 is 12.7. The van der Waals surface area contributed by atoms with E-state index < -0.39 is 5.95 Å². The van der Waals surface area contributed by atoms with Crippen LogP contribution in [0.4, 0.5) is 4.39 Å². The molecular formula is C14H13FN2OS. The third-order valence-corrected chi connectivity index (χ3v) is 4.34. The molecule has 0 radical (unpaired) electrons. The van der Waals surface area contributed by atoms with Crippen molar-refractivity contribution >= 4 is 17.2 Å². The summed E-state index contributed by atoms with van der Waals surface area (Å²) in [7, 11) is 0. The van der Waals surface area contributed by atoms with Crippen molar-refractivity contribution in [2.45, 2.75) is 25.3 Å². The van der Waals surface area contributed by atoms with Crippen molar-refractivity contribution < 1.29 is 9.18 Å². The molecule has 2 aromatic rings. The molecule has 0 bridgehead atoms. The Morgan fingerprint density at radius 3 is 3.11 bits per heavy atom. The van der Waals surface area contributed by atoms with Crippen molar-refractivity contribution in [1.29, 1.82) is 0 Å². The second-order valence-electron chi connectivity index (χ2n) is 4.59. The fraction of sp³-hybridized carbons (Fsp3) is 0.286. The summed E-state index contributed by atoms with van der Waals surface area (Å²) >= 11 is 1.74. The van der Waals surface area contributed by atoms with Crippen LogP contribution in [0, 0.1) is 5.95 Å². The Labute approximate surface area is 114 Å². The van der Waals surface area contributed by atoms with E-state index in [4.69, 9.17) is 0 Å². The molecule has 19 heavy (non-hydrogen) atoms. The van der Waals surface area contributed by atoms with Gasteiger partial charge in [0, 0.05) is 11.1 Å². The molecule has 0 saturated heterocycles. The van der Waals surface area contributed by atoms with Crippen LogP contribution < -0.4 is 5.32 Å². The highest BCUT2D eigenvalue weighted by atomic mass is 32.1. The van der Waals surface area contributed by atoms with Crippen LogP contribution >= 0.6 is 11.3 Å². The number of halogens is 1. The van der Waals surface area contributed by atoms with E-state index in [1.807, 2.05) is 0 Å². The standard InChI is InChI=1S/C14H13FN2OS/c15-13-5-4-9(8-16-13)14(18)17-11-2-1-3-12-10(11)6-7-19-12/h4-8,11H,1-3H2,(H,17,18). The average molecular weight is 276 g/mol. The molecule has 2 aromatic heterocycles. The van der Waals surface area contributed by atoms with E-state index in [0.29, 0.717) is 5.56 Å². The molecule has 0 saturated carbocycles. The van der Waals surface area contributed by atoms with Crippen LogP contribution in [0.2, 0.25) is 0 Å². The molecule has 1 aliphatic carbocycles. The Bertz CT molecular complexity index is 594. The molecule has 1 N–H and O–H groups in total. The van der Waals surface area contributed by atoms with Gasteiger partial charge in [0.25, 0.3) is 5.91 Å². The first-order valence-electron chi connectivity index (χ1n) is 6.23. The van der Waals surface area contributed by atoms with Crippen molar-refractivity contribution in [1.82, 2.24) is 10.3 Å². The number of carbonyl (C=O) groups excluding carboxylic acids is 1. The molecule has 1 atom stereocenters. The molecule has 5 heteroatoms. The van der Waals surface area contributed by atoms with Crippen molar-refractivity contribution in [3.05, 3.63) is 51.7 Å². The first kappa shape index (κ1) is 12.3. The van der Waals surface area contributed by atoms with Gasteiger partial charge in [-0.2, -0.15) is 4.39 Å². The number of hydrogen-bond acceptors (Lipinski definition) is 3. The van der Waals surface area contributed by atoms with Crippen molar-refractivity contribution in [2.75, 3.05) is 0 Å². The van der Waals surface area contributed by atoms with Crippen LogP contribution in [0.3, 0.4) is 0 Å². The molecular weight excluding hydrogens is 263 g/mol. The zero-order valence-electron chi connectivity index (χ0n) is 10.2. The van der Waals surface area contributed by atoms with Gasteiger partial charge in [-0.3, -0.25) is 4.79 Å². The first-order valence-corrected chi connectivity index (χ1v) is 7.10. The van der Waals surface area contributed by atoms with E-state index in [-0.39, 0.29) is 11.9 Å². The summed E-state index contributed by atoms with van der Waals surface area (Å²) in [6, 6.07) is 4.79. The van der Waals surface area contributed by atoms with Gasteiger partial charge in [0.1, 0.15) is 0 Å². The number of amides is 1. The number of aromatic nitrogens is 1. The molecule has 1 amide bonds. The zero-order valence-corrected chi connectivity index (χ0v) is 11.0. The predicted molar refractivity (Wildman–Crippen MR) is 71.7 cm³/mol. The summed E-state index contributed by atoms with van der Waals surface area (Å²) in [5.74, 6) is -0.772. The third kappa shape index (κ3) is 2.51. The Morgan fingerprint density at radius 1 is 1.42 bits per heavy atom. The molecule has 0 aliphatic heterocycles. The second-order valence-corrected chi connectivity index (χ2v) is 5.59. The minimum absolute atomic E-state index is 0.0625. The van der Waals surface area contributed by atoms with E-state index >= 15 is 0 Å². The highest BCUT2D eigenvalue weighted by Crippen LogP contribution is 2.33. The fourth-order valence-corrected chi connectivity index (χ4v) is 3.38. The number of nitrogens with zero attached hydrogens (tertiary/aromatic N) is 1. The van der Waals surface area contributed by atoms with Gasteiger partial charge in [-0.15, -0.1) is 11.3 Å². The molecule has 3 nitrogen and oxygen atoms in total. The van der Waals surface area contributed by atoms with Gasteiger partial charge in [-0.25, -0.2) is 4.98 Å². The molecule has 1 aliphatic rings. The van der Waals surface area contributed by atoms with Crippen molar-refractivity contribution in [3.63, 3.8) is 0 Å². The number of hydrogen-bond donors (Lipinski definition) is 1. The van der Waals surface area contributed by atoms with Gasteiger partial charge in [0.15, 0.2) is 0 Å². The maximum Gasteiger partial charge on any atom is 0.253 e. The molecule has 0 spiro atoms. The van der Waals surface area contributed by atoms with Crippen LogP contribution in [0.25, 0.3) is 0 Å². The second kappa shape index (κ2) is 5.09. The number of pyridine rings is 1. The maximum atomic E-state index is 12.7. The summed E-state index contributed by atoms with van der Waals surface area (Å²) in [6.07, 6.45) is 4.39. The Morgan fingerprint density at radius 2 is 2.32 bits per heavy atom. The van der Waals surface area contributed by atoms with E-state index in [1.54, 1.807) is 11.3 Å². The van der Waals surface area contributed by atoms with E-state index in [1.165, 1.54) is 28.8 Å². The fourth-order valence-electron chi connectivity index (χ4n) is 2.39. The lowest BCUT2D eigenvalue weighted by molar-refractivity contribution is 0.0932. The Balaban J connectivity index is 1.76. The zero-order chi connectivity index (χ0) is 13.2. The Hall–Kier alpha value is -1.75. The van der Waals surface area contributed by atoms with Gasteiger partial charge in [-0.05, 0) is 48.4 Å². The number of fused-ring (bicyclic) bond motifs is 1. The quantitative estimate of drug-likeness (QED) is 0.856. The van der Waals surface area contributed by atoms with E-state index in [9.17, 15) is 9.18 Å². The first-order chi connectivity index (χ1) is 9.24. The topological polar surface area (TPSA) is 42.0 Å². The number of nitrogens with one attached hydrogen (secondary N) is 1. The average Bonchev–Trinajstić information content (AvgIpc) is 2.89. The monoisotopic (exact) mass is 276 g/mol. The highest BCUT2D eigenvalue weighted by Gasteiger charge is 2.23. The number of thiophene rings is 1. The number of aryl methyl sites for hydroxylation is 1. The van der Waals surface area contributed by atoms with Gasteiger partial charge in [0.2, 0.25) is 5.95 Å². The van der Waals surface area contributed by atoms with Gasteiger partial charge < -0.3 is 5.32 Å². The SMILES string of the molecule is O=C(NC1CCCc2sccc21)c1ccc(F)nc1. The minimum atomic E-state index is -0.575. The molecule has 2 heterocycles. The number of carbonyl (C=O) groups is 1. The minimum Gasteiger partial charge on any atom is -0.345 e. The van der Waals surface area contributed by atoms with Crippen LogP contribution in [-0.2, 0) is 6.42 Å². The van der Waals surface area contributed by atoms with Crippen LogP contribution in [0.15, 0.2) is 29.8 Å². The summed E-state index contributed by atoms with van der Waals surface area (Å²) in [5.41, 5.74) is 1.61. The summed E-state index contributed by atoms with van der Waals surface area (Å²) in [6.45, 7) is 0. The molecule has 0 fully saturated rings. The molecule has 1 unspecified atom stereocenters. The summed E-state index contributed by atoms with van der Waals surface area (Å²) in [5, 5.41) is 5.07. The lowest BCUT2D eigenvalue weighted by Gasteiger charge is -2.23. The van der Waals surface area contributed by atoms with Crippen molar-refractivity contribution in [2.24, 2.45) is 0 Å². The Kier molecular flexibility index (Phi) is 3.29. The van der Waals surface area contributed by atoms with E-state index in [2.05, 4.69) is 21.7 Å². The lowest BCUT2D eigenvalue weighted by atomic mass is 9.94. The molecule has 3 rings (SSSR count).